The molecule has 1 amide bonds. The lowest BCUT2D eigenvalue weighted by atomic mass is 10.2. The summed E-state index contributed by atoms with van der Waals surface area (Å²) >= 11 is 0. The maximum atomic E-state index is 11.4. The molecular weight excluding hydrogens is 286 g/mol. The first kappa shape index (κ1) is 17.7. The summed E-state index contributed by atoms with van der Waals surface area (Å²) in [6.45, 7) is 6.32. The molecule has 1 N–H and O–H groups in total. The van der Waals surface area contributed by atoms with Gasteiger partial charge in [0.1, 0.15) is 13.2 Å². The monoisotopic (exact) mass is 307 g/mol. The van der Waals surface area contributed by atoms with Gasteiger partial charge in [-0.3, -0.25) is 0 Å². The molecule has 0 heterocycles. The van der Waals surface area contributed by atoms with Crippen LogP contribution in [0.5, 0.6) is 0 Å². The SMILES string of the molecule is C=C(C)C(=O)OCCOCCNC(=O)OCc1ccccc1. The summed E-state index contributed by atoms with van der Waals surface area (Å²) in [5, 5.41) is 2.56. The fourth-order valence-corrected chi connectivity index (χ4v) is 1.42. The van der Waals surface area contributed by atoms with Crippen molar-refractivity contribution < 1.29 is 23.8 Å². The van der Waals surface area contributed by atoms with Gasteiger partial charge in [0.2, 0.25) is 0 Å². The van der Waals surface area contributed by atoms with E-state index in [-0.39, 0.29) is 19.8 Å². The number of rotatable bonds is 9. The van der Waals surface area contributed by atoms with Crippen LogP contribution in [0.15, 0.2) is 42.5 Å². The predicted octanol–water partition coefficient (Wildman–Crippen LogP) is 2.05. The summed E-state index contributed by atoms with van der Waals surface area (Å²) in [7, 11) is 0. The first-order chi connectivity index (χ1) is 10.6. The van der Waals surface area contributed by atoms with E-state index in [1.54, 1.807) is 6.92 Å². The van der Waals surface area contributed by atoms with Gasteiger partial charge in [0.25, 0.3) is 0 Å². The van der Waals surface area contributed by atoms with E-state index >= 15 is 0 Å². The van der Waals surface area contributed by atoms with Gasteiger partial charge in [-0.15, -0.1) is 0 Å². The molecule has 6 heteroatoms. The zero-order chi connectivity index (χ0) is 16.2. The van der Waals surface area contributed by atoms with E-state index in [0.29, 0.717) is 18.7 Å². The molecular formula is C16H21NO5. The molecule has 0 bridgehead atoms. The minimum Gasteiger partial charge on any atom is -0.460 e. The number of esters is 1. The quantitative estimate of drug-likeness (QED) is 0.429. The summed E-state index contributed by atoms with van der Waals surface area (Å²) in [5.74, 6) is -0.439. The second-order valence-corrected chi connectivity index (χ2v) is 4.52. The van der Waals surface area contributed by atoms with Gasteiger partial charge in [-0.2, -0.15) is 0 Å². The highest BCUT2D eigenvalue weighted by Gasteiger charge is 2.03. The average molecular weight is 307 g/mol. The molecule has 0 fully saturated rings. The largest absolute Gasteiger partial charge is 0.460 e. The minimum atomic E-state index is -0.499. The lowest BCUT2D eigenvalue weighted by Gasteiger charge is -2.08. The van der Waals surface area contributed by atoms with Crippen LogP contribution in [0.2, 0.25) is 0 Å². The molecule has 0 aliphatic carbocycles. The van der Waals surface area contributed by atoms with E-state index in [1.807, 2.05) is 30.3 Å². The Bertz CT molecular complexity index is 487. The van der Waals surface area contributed by atoms with E-state index in [1.165, 1.54) is 0 Å². The molecule has 1 rings (SSSR count). The first-order valence-electron chi connectivity index (χ1n) is 6.94. The van der Waals surface area contributed by atoms with Crippen LogP contribution in [0.4, 0.5) is 4.79 Å². The Morgan fingerprint density at radius 3 is 2.50 bits per heavy atom. The second-order valence-electron chi connectivity index (χ2n) is 4.52. The van der Waals surface area contributed by atoms with Crippen LogP contribution in [0.25, 0.3) is 0 Å². The van der Waals surface area contributed by atoms with Gasteiger partial charge in [-0.25, -0.2) is 9.59 Å². The van der Waals surface area contributed by atoms with Crippen LogP contribution in [0.3, 0.4) is 0 Å². The number of alkyl carbamates (subject to hydrolysis) is 1. The Labute approximate surface area is 130 Å². The number of carbonyl (C=O) groups excluding carboxylic acids is 2. The van der Waals surface area contributed by atoms with E-state index in [9.17, 15) is 9.59 Å². The highest BCUT2D eigenvalue weighted by atomic mass is 16.6. The molecule has 0 spiro atoms. The van der Waals surface area contributed by atoms with Crippen molar-refractivity contribution in [1.29, 1.82) is 0 Å². The van der Waals surface area contributed by atoms with Crippen molar-refractivity contribution in [3.63, 3.8) is 0 Å². The Balaban J connectivity index is 1.97. The third kappa shape index (κ3) is 8.06. The highest BCUT2D eigenvalue weighted by molar-refractivity contribution is 5.86. The van der Waals surface area contributed by atoms with Crippen LogP contribution < -0.4 is 5.32 Å². The van der Waals surface area contributed by atoms with E-state index in [4.69, 9.17) is 14.2 Å². The van der Waals surface area contributed by atoms with Gasteiger partial charge >= 0.3 is 12.1 Å². The maximum Gasteiger partial charge on any atom is 0.407 e. The second kappa shape index (κ2) is 10.4. The zero-order valence-electron chi connectivity index (χ0n) is 12.7. The molecule has 0 aliphatic heterocycles. The van der Waals surface area contributed by atoms with Crippen molar-refractivity contribution >= 4 is 12.1 Å². The maximum absolute atomic E-state index is 11.4. The van der Waals surface area contributed by atoms with E-state index in [0.717, 1.165) is 5.56 Å². The average Bonchev–Trinajstić information content (AvgIpc) is 2.52. The van der Waals surface area contributed by atoms with E-state index in [2.05, 4.69) is 11.9 Å². The fourth-order valence-electron chi connectivity index (χ4n) is 1.42. The molecule has 120 valence electrons. The molecule has 0 saturated carbocycles. The summed E-state index contributed by atoms with van der Waals surface area (Å²) in [4.78, 5) is 22.5. The summed E-state index contributed by atoms with van der Waals surface area (Å²) in [5.41, 5.74) is 1.27. The molecule has 1 aromatic carbocycles. The Hall–Kier alpha value is -2.34. The molecule has 0 aliphatic rings. The van der Waals surface area contributed by atoms with Crippen LogP contribution in [0.1, 0.15) is 12.5 Å². The van der Waals surface area contributed by atoms with Gasteiger partial charge in [-0.05, 0) is 12.5 Å². The predicted molar refractivity (Wildman–Crippen MR) is 81.2 cm³/mol. The number of carbonyl (C=O) groups is 2. The third-order valence-corrected chi connectivity index (χ3v) is 2.54. The smallest absolute Gasteiger partial charge is 0.407 e. The molecule has 1 aromatic rings. The third-order valence-electron chi connectivity index (χ3n) is 2.54. The molecule has 0 unspecified atom stereocenters. The van der Waals surface area contributed by atoms with E-state index < -0.39 is 12.1 Å². The van der Waals surface area contributed by atoms with Crippen LogP contribution in [0, 0.1) is 0 Å². The number of benzene rings is 1. The van der Waals surface area contributed by atoms with Gasteiger partial charge in [-0.1, -0.05) is 36.9 Å². The lowest BCUT2D eigenvalue weighted by molar-refractivity contribution is -0.140. The highest BCUT2D eigenvalue weighted by Crippen LogP contribution is 2.00. The van der Waals surface area contributed by atoms with Crippen LogP contribution in [-0.2, 0) is 25.6 Å². The standard InChI is InChI=1S/C16H21NO5/c1-13(2)15(18)21-11-10-20-9-8-17-16(19)22-12-14-6-4-3-5-7-14/h3-7H,1,8-12H2,2H3,(H,17,19). The number of hydrogen-bond acceptors (Lipinski definition) is 5. The summed E-state index contributed by atoms with van der Waals surface area (Å²) < 4.78 is 15.1. The van der Waals surface area contributed by atoms with Gasteiger partial charge in [0, 0.05) is 12.1 Å². The topological polar surface area (TPSA) is 73.9 Å². The Morgan fingerprint density at radius 2 is 1.82 bits per heavy atom. The van der Waals surface area contributed by atoms with Crippen molar-refractivity contribution in [2.45, 2.75) is 13.5 Å². The van der Waals surface area contributed by atoms with Gasteiger partial charge in [0.15, 0.2) is 0 Å². The van der Waals surface area contributed by atoms with Crippen molar-refractivity contribution in [3.8, 4) is 0 Å². The van der Waals surface area contributed by atoms with Crippen molar-refractivity contribution in [2.75, 3.05) is 26.4 Å². The first-order valence-corrected chi connectivity index (χ1v) is 6.94. The van der Waals surface area contributed by atoms with Crippen molar-refractivity contribution in [2.24, 2.45) is 0 Å². The summed E-state index contributed by atoms with van der Waals surface area (Å²) in [6, 6.07) is 9.41. The zero-order valence-corrected chi connectivity index (χ0v) is 12.7. The molecule has 0 aromatic heterocycles. The molecule has 22 heavy (non-hydrogen) atoms. The Kier molecular flexibility index (Phi) is 8.37. The van der Waals surface area contributed by atoms with Crippen molar-refractivity contribution in [3.05, 3.63) is 48.0 Å². The summed E-state index contributed by atoms with van der Waals surface area (Å²) in [6.07, 6.45) is -0.499. The number of nitrogens with one attached hydrogen (secondary N) is 1. The van der Waals surface area contributed by atoms with Gasteiger partial charge < -0.3 is 19.5 Å². The Morgan fingerprint density at radius 1 is 1.09 bits per heavy atom. The lowest BCUT2D eigenvalue weighted by Crippen LogP contribution is -2.28. The van der Waals surface area contributed by atoms with Gasteiger partial charge in [0.05, 0.1) is 13.2 Å². The normalized spacial score (nSPS) is 9.86. The number of amides is 1. The molecule has 0 saturated heterocycles. The van der Waals surface area contributed by atoms with Crippen LogP contribution in [-0.4, -0.2) is 38.4 Å². The fraction of sp³-hybridized carbons (Fsp3) is 0.375. The molecule has 6 nitrogen and oxygen atoms in total. The van der Waals surface area contributed by atoms with Crippen molar-refractivity contribution in [1.82, 2.24) is 5.32 Å². The number of ether oxygens (including phenoxy) is 3. The molecule has 0 atom stereocenters. The minimum absolute atomic E-state index is 0.157. The van der Waals surface area contributed by atoms with Crippen LogP contribution >= 0.6 is 0 Å². The number of hydrogen-bond donors (Lipinski definition) is 1. The molecule has 0 radical (unpaired) electrons.